The summed E-state index contributed by atoms with van der Waals surface area (Å²) in [5.41, 5.74) is 1.89. The van der Waals surface area contributed by atoms with E-state index in [0.717, 1.165) is 12.2 Å². The zero-order valence-electron chi connectivity index (χ0n) is 12.0. The van der Waals surface area contributed by atoms with E-state index in [9.17, 15) is 0 Å². The topological polar surface area (TPSA) is 37.8 Å². The third kappa shape index (κ3) is 3.77. The van der Waals surface area contributed by atoms with Crippen LogP contribution in [-0.2, 0) is 6.54 Å². The number of rotatable bonds is 3. The highest BCUT2D eigenvalue weighted by Gasteiger charge is 2.38. The van der Waals surface area contributed by atoms with Crippen molar-refractivity contribution < 1.29 is 0 Å². The first-order valence-electron chi connectivity index (χ1n) is 6.86. The minimum Gasteiger partial charge on any atom is -0.308 e. The van der Waals surface area contributed by atoms with Crippen LogP contribution < -0.4 is 5.32 Å². The molecule has 3 heteroatoms. The Morgan fingerprint density at radius 1 is 1.22 bits per heavy atom. The van der Waals surface area contributed by atoms with Crippen LogP contribution in [0.1, 0.15) is 52.7 Å². The molecule has 0 unspecified atom stereocenters. The average Bonchev–Trinajstić information content (AvgIpc) is 2.24. The molecule has 0 radical (unpaired) electrons. The lowest BCUT2D eigenvalue weighted by molar-refractivity contribution is 0.0843. The first-order chi connectivity index (χ1) is 8.36. The number of hydrogen-bond donors (Lipinski definition) is 1. The Balaban J connectivity index is 1.93. The van der Waals surface area contributed by atoms with Crippen molar-refractivity contribution in [3.8, 4) is 0 Å². The molecule has 3 nitrogen and oxygen atoms in total. The second-order valence-corrected chi connectivity index (χ2v) is 7.21. The maximum absolute atomic E-state index is 4.12. The molecular weight excluding hydrogens is 222 g/mol. The van der Waals surface area contributed by atoms with E-state index in [-0.39, 0.29) is 0 Å². The first-order valence-corrected chi connectivity index (χ1v) is 6.86. The molecule has 1 aromatic rings. The van der Waals surface area contributed by atoms with E-state index in [4.69, 9.17) is 0 Å². The summed E-state index contributed by atoms with van der Waals surface area (Å²) in [6.45, 7) is 10.3. The van der Waals surface area contributed by atoms with Crippen LogP contribution in [0.25, 0.3) is 0 Å². The summed E-state index contributed by atoms with van der Waals surface area (Å²) in [5.74, 6) is 0. The van der Waals surface area contributed by atoms with Crippen LogP contribution in [-0.4, -0.2) is 16.2 Å². The van der Waals surface area contributed by atoms with Crippen molar-refractivity contribution in [1.82, 2.24) is 15.5 Å². The maximum Gasteiger partial charge on any atom is 0.0769 e. The highest BCUT2D eigenvalue weighted by molar-refractivity contribution is 5.00. The van der Waals surface area contributed by atoms with Gasteiger partial charge in [-0.1, -0.05) is 27.7 Å². The zero-order valence-corrected chi connectivity index (χ0v) is 12.0. The van der Waals surface area contributed by atoms with E-state index < -0.39 is 0 Å². The molecule has 1 aromatic heterocycles. The standard InChI is InChI=1S/C15H25N3/c1-14(2)8-13(9-15(3,4)11-14)16-10-12-6-5-7-17-18-12/h5-7,13,16H,8-11H2,1-4H3. The summed E-state index contributed by atoms with van der Waals surface area (Å²) in [5, 5.41) is 11.7. The molecule has 2 rings (SSSR count). The Hall–Kier alpha value is -0.960. The predicted octanol–water partition coefficient (Wildman–Crippen LogP) is 3.17. The Morgan fingerprint density at radius 2 is 1.89 bits per heavy atom. The zero-order chi connectivity index (χ0) is 13.2. The minimum absolute atomic E-state index is 0.432. The van der Waals surface area contributed by atoms with Gasteiger partial charge in [0.15, 0.2) is 0 Å². The van der Waals surface area contributed by atoms with Crippen LogP contribution in [0.15, 0.2) is 18.3 Å². The summed E-state index contributed by atoms with van der Waals surface area (Å²) in [6.07, 6.45) is 5.52. The molecule has 0 amide bonds. The molecule has 1 aliphatic carbocycles. The Labute approximate surface area is 110 Å². The first kappa shape index (κ1) is 13.5. The van der Waals surface area contributed by atoms with Crippen LogP contribution in [0.4, 0.5) is 0 Å². The van der Waals surface area contributed by atoms with Crippen LogP contribution >= 0.6 is 0 Å². The third-order valence-corrected chi connectivity index (χ3v) is 3.75. The van der Waals surface area contributed by atoms with E-state index in [0.29, 0.717) is 16.9 Å². The number of aromatic nitrogens is 2. The smallest absolute Gasteiger partial charge is 0.0769 e. The molecule has 1 N–H and O–H groups in total. The largest absolute Gasteiger partial charge is 0.308 e. The monoisotopic (exact) mass is 247 g/mol. The molecule has 0 aliphatic heterocycles. The molecular formula is C15H25N3. The minimum atomic E-state index is 0.432. The predicted molar refractivity (Wildman–Crippen MR) is 74.1 cm³/mol. The van der Waals surface area contributed by atoms with Crippen molar-refractivity contribution in [2.24, 2.45) is 10.8 Å². The van der Waals surface area contributed by atoms with E-state index in [2.05, 4.69) is 43.2 Å². The fourth-order valence-corrected chi connectivity index (χ4v) is 3.67. The molecule has 0 saturated heterocycles. The van der Waals surface area contributed by atoms with Crippen LogP contribution in [0, 0.1) is 10.8 Å². The lowest BCUT2D eigenvalue weighted by Crippen LogP contribution is -2.43. The Kier molecular flexibility index (Phi) is 3.71. The number of hydrogen-bond acceptors (Lipinski definition) is 3. The average molecular weight is 247 g/mol. The molecule has 1 fully saturated rings. The van der Waals surface area contributed by atoms with Gasteiger partial charge in [0.05, 0.1) is 5.69 Å². The fourth-order valence-electron chi connectivity index (χ4n) is 3.67. The molecule has 1 heterocycles. The Morgan fingerprint density at radius 3 is 2.44 bits per heavy atom. The fraction of sp³-hybridized carbons (Fsp3) is 0.733. The molecule has 0 spiro atoms. The summed E-state index contributed by atoms with van der Waals surface area (Å²) < 4.78 is 0. The van der Waals surface area contributed by atoms with Crippen molar-refractivity contribution in [2.75, 3.05) is 0 Å². The van der Waals surface area contributed by atoms with E-state index in [1.54, 1.807) is 6.20 Å². The molecule has 0 aromatic carbocycles. The second kappa shape index (κ2) is 4.96. The molecule has 18 heavy (non-hydrogen) atoms. The molecule has 1 aliphatic rings. The van der Waals surface area contributed by atoms with E-state index in [1.807, 2.05) is 12.1 Å². The van der Waals surface area contributed by atoms with Gasteiger partial charge >= 0.3 is 0 Å². The summed E-state index contributed by atoms with van der Waals surface area (Å²) in [6, 6.07) is 4.56. The molecule has 1 saturated carbocycles. The van der Waals surface area contributed by atoms with Crippen LogP contribution in [0.2, 0.25) is 0 Å². The highest BCUT2D eigenvalue weighted by atomic mass is 15.1. The number of nitrogens with zero attached hydrogens (tertiary/aromatic N) is 2. The summed E-state index contributed by atoms with van der Waals surface area (Å²) in [7, 11) is 0. The Bertz CT molecular complexity index is 368. The van der Waals surface area contributed by atoms with Gasteiger partial charge in [0.2, 0.25) is 0 Å². The quantitative estimate of drug-likeness (QED) is 0.891. The summed E-state index contributed by atoms with van der Waals surface area (Å²) >= 11 is 0. The summed E-state index contributed by atoms with van der Waals surface area (Å²) in [4.78, 5) is 0. The van der Waals surface area contributed by atoms with Gasteiger partial charge in [-0.25, -0.2) is 0 Å². The van der Waals surface area contributed by atoms with Crippen LogP contribution in [0.5, 0.6) is 0 Å². The van der Waals surface area contributed by atoms with Crippen molar-refractivity contribution in [1.29, 1.82) is 0 Å². The van der Waals surface area contributed by atoms with E-state index >= 15 is 0 Å². The lowest BCUT2D eigenvalue weighted by atomic mass is 9.63. The van der Waals surface area contributed by atoms with Crippen molar-refractivity contribution >= 4 is 0 Å². The van der Waals surface area contributed by atoms with Gasteiger partial charge in [-0.2, -0.15) is 10.2 Å². The van der Waals surface area contributed by atoms with Crippen LogP contribution in [0.3, 0.4) is 0 Å². The van der Waals surface area contributed by atoms with Crippen molar-refractivity contribution in [3.63, 3.8) is 0 Å². The molecule has 0 atom stereocenters. The van der Waals surface area contributed by atoms with Gasteiger partial charge in [0, 0.05) is 18.8 Å². The van der Waals surface area contributed by atoms with Gasteiger partial charge in [-0.3, -0.25) is 0 Å². The van der Waals surface area contributed by atoms with Gasteiger partial charge in [0.25, 0.3) is 0 Å². The van der Waals surface area contributed by atoms with E-state index in [1.165, 1.54) is 19.3 Å². The van der Waals surface area contributed by atoms with Crippen molar-refractivity contribution in [3.05, 3.63) is 24.0 Å². The van der Waals surface area contributed by atoms with Gasteiger partial charge in [-0.15, -0.1) is 0 Å². The maximum atomic E-state index is 4.12. The normalized spacial score (nSPS) is 22.9. The molecule has 100 valence electrons. The lowest BCUT2D eigenvalue weighted by Gasteiger charge is -2.45. The third-order valence-electron chi connectivity index (χ3n) is 3.75. The van der Waals surface area contributed by atoms with Crippen molar-refractivity contribution in [2.45, 2.75) is 59.5 Å². The number of nitrogens with one attached hydrogen (secondary N) is 1. The van der Waals surface area contributed by atoms with Gasteiger partial charge in [0.1, 0.15) is 0 Å². The SMILES string of the molecule is CC1(C)CC(NCc2cccnn2)CC(C)(C)C1. The van der Waals surface area contributed by atoms with Gasteiger partial charge in [-0.05, 0) is 42.2 Å². The molecule has 0 bridgehead atoms. The van der Waals surface area contributed by atoms with Gasteiger partial charge < -0.3 is 5.32 Å². The highest BCUT2D eigenvalue weighted by Crippen LogP contribution is 2.45. The second-order valence-electron chi connectivity index (χ2n) is 7.21.